The van der Waals surface area contributed by atoms with Gasteiger partial charge in [-0.1, -0.05) is 0 Å². The molecule has 9 nitrogen and oxygen atoms in total. The van der Waals surface area contributed by atoms with Crippen molar-refractivity contribution in [3.63, 3.8) is 0 Å². The molecule has 2 heterocycles. The zero-order valence-corrected chi connectivity index (χ0v) is 18.2. The smallest absolute Gasteiger partial charge is 0.222 e. The zero-order chi connectivity index (χ0) is 23.2. The number of pyridine rings is 1. The number of carbonyl (C=O) groups is 2. The van der Waals surface area contributed by atoms with E-state index in [2.05, 4.69) is 20.3 Å². The van der Waals surface area contributed by atoms with E-state index in [1.54, 1.807) is 31.6 Å². The maximum Gasteiger partial charge on any atom is 0.222 e. The Hall–Kier alpha value is -4.27. The number of hydrogen-bond acceptors (Lipinski definition) is 9. The third kappa shape index (κ3) is 4.98. The van der Waals surface area contributed by atoms with Gasteiger partial charge in [-0.05, 0) is 36.6 Å². The summed E-state index contributed by atoms with van der Waals surface area (Å²) in [5.41, 5.74) is 1.89. The number of allylic oxidation sites excluding steroid dienone is 2. The largest absolute Gasteiger partial charge is 0.493 e. The lowest BCUT2D eigenvalue weighted by molar-refractivity contribution is -0.117. The molecule has 0 radical (unpaired) electrons. The maximum absolute atomic E-state index is 12.3. The van der Waals surface area contributed by atoms with Gasteiger partial charge in [-0.15, -0.1) is 0 Å². The van der Waals surface area contributed by atoms with Crippen LogP contribution in [-0.2, 0) is 20.7 Å². The summed E-state index contributed by atoms with van der Waals surface area (Å²) in [5, 5.41) is 3.54. The van der Waals surface area contributed by atoms with Crippen molar-refractivity contribution in [2.75, 3.05) is 26.1 Å². The van der Waals surface area contributed by atoms with Gasteiger partial charge in [0.05, 0.1) is 32.0 Å². The van der Waals surface area contributed by atoms with Crippen LogP contribution in [0.15, 0.2) is 66.6 Å². The Bertz CT molecular complexity index is 1250. The first kappa shape index (κ1) is 21.9. The Morgan fingerprint density at radius 2 is 1.76 bits per heavy atom. The number of hydrogen-bond donors (Lipinski definition) is 1. The van der Waals surface area contributed by atoms with Gasteiger partial charge in [-0.25, -0.2) is 9.97 Å². The monoisotopic (exact) mass is 446 g/mol. The molecule has 1 aliphatic rings. The Morgan fingerprint density at radius 1 is 0.939 bits per heavy atom. The van der Waals surface area contributed by atoms with E-state index >= 15 is 0 Å². The molecule has 0 atom stereocenters. The fourth-order valence-electron chi connectivity index (χ4n) is 3.37. The van der Waals surface area contributed by atoms with Gasteiger partial charge in [0.15, 0.2) is 17.3 Å². The normalized spacial score (nSPS) is 13.4. The van der Waals surface area contributed by atoms with E-state index in [4.69, 9.17) is 14.2 Å². The molecule has 2 aromatic heterocycles. The van der Waals surface area contributed by atoms with Crippen LogP contribution >= 0.6 is 0 Å². The molecule has 0 fully saturated rings. The second kappa shape index (κ2) is 9.90. The molecule has 1 N–H and O–H groups in total. The van der Waals surface area contributed by atoms with Gasteiger partial charge in [0, 0.05) is 36.0 Å². The molecular formula is C24H22N4O5. The van der Waals surface area contributed by atoms with Crippen LogP contribution in [0.2, 0.25) is 0 Å². The van der Waals surface area contributed by atoms with E-state index < -0.39 is 5.78 Å². The topological polar surface area (TPSA) is 113 Å². The van der Waals surface area contributed by atoms with Crippen molar-refractivity contribution in [2.45, 2.75) is 12.8 Å². The van der Waals surface area contributed by atoms with E-state index in [1.165, 1.54) is 25.1 Å². The minimum absolute atomic E-state index is 0.00881. The highest BCUT2D eigenvalue weighted by atomic mass is 16.5. The molecule has 0 bridgehead atoms. The Balaban J connectivity index is 1.52. The maximum atomic E-state index is 12.3. The first-order valence-electron chi connectivity index (χ1n) is 10.3. The quantitative estimate of drug-likeness (QED) is 0.391. The SMILES string of the molecule is COC1=CC(=O)C(Nc2ncnc3cc(OCCCc4ccncc4)c(OC)cc23)=CC1=O. The highest BCUT2D eigenvalue weighted by molar-refractivity contribution is 6.20. The number of aromatic nitrogens is 3. The van der Waals surface area contributed by atoms with Gasteiger partial charge in [0.1, 0.15) is 12.1 Å². The van der Waals surface area contributed by atoms with Crippen LogP contribution in [0.5, 0.6) is 11.5 Å². The summed E-state index contributed by atoms with van der Waals surface area (Å²) >= 11 is 0. The summed E-state index contributed by atoms with van der Waals surface area (Å²) in [6, 6.07) is 7.46. The van der Waals surface area contributed by atoms with Crippen LogP contribution in [0.1, 0.15) is 12.0 Å². The molecular weight excluding hydrogens is 424 g/mol. The number of rotatable bonds is 9. The molecule has 0 aliphatic heterocycles. The van der Waals surface area contributed by atoms with Crippen LogP contribution in [-0.4, -0.2) is 47.3 Å². The first-order valence-corrected chi connectivity index (χ1v) is 10.3. The van der Waals surface area contributed by atoms with Crippen molar-refractivity contribution in [2.24, 2.45) is 0 Å². The number of anilines is 1. The summed E-state index contributed by atoms with van der Waals surface area (Å²) in [7, 11) is 2.89. The van der Waals surface area contributed by atoms with Crippen LogP contribution in [0, 0.1) is 0 Å². The van der Waals surface area contributed by atoms with Gasteiger partial charge in [-0.3, -0.25) is 14.6 Å². The van der Waals surface area contributed by atoms with E-state index in [1.807, 2.05) is 12.1 Å². The van der Waals surface area contributed by atoms with Gasteiger partial charge >= 0.3 is 0 Å². The number of fused-ring (bicyclic) bond motifs is 1. The molecule has 0 spiro atoms. The third-order valence-corrected chi connectivity index (χ3v) is 5.06. The summed E-state index contributed by atoms with van der Waals surface area (Å²) in [4.78, 5) is 37.0. The predicted molar refractivity (Wildman–Crippen MR) is 121 cm³/mol. The zero-order valence-electron chi connectivity index (χ0n) is 18.2. The van der Waals surface area contributed by atoms with E-state index in [9.17, 15) is 9.59 Å². The minimum atomic E-state index is -0.405. The van der Waals surface area contributed by atoms with Crippen molar-refractivity contribution in [3.05, 3.63) is 72.2 Å². The Morgan fingerprint density at radius 3 is 2.52 bits per heavy atom. The molecule has 0 unspecified atom stereocenters. The number of ether oxygens (including phenoxy) is 3. The highest BCUT2D eigenvalue weighted by Gasteiger charge is 2.22. The van der Waals surface area contributed by atoms with Gasteiger partial charge in [-0.2, -0.15) is 0 Å². The summed E-state index contributed by atoms with van der Waals surface area (Å²) in [6.45, 7) is 0.498. The summed E-state index contributed by atoms with van der Waals surface area (Å²) < 4.78 is 16.4. The van der Waals surface area contributed by atoms with Crippen LogP contribution in [0.4, 0.5) is 5.82 Å². The number of nitrogens with zero attached hydrogens (tertiary/aromatic N) is 3. The van der Waals surface area contributed by atoms with Crippen molar-refractivity contribution >= 4 is 28.3 Å². The third-order valence-electron chi connectivity index (χ3n) is 5.06. The number of carbonyl (C=O) groups excluding carboxylic acids is 2. The summed E-state index contributed by atoms with van der Waals surface area (Å²) in [5.74, 6) is 0.623. The van der Waals surface area contributed by atoms with Gasteiger partial charge in [0.25, 0.3) is 0 Å². The standard InChI is InChI=1S/C24H22N4O5/c1-31-21-13-19(29)18(11-20(21)30)28-24-16-10-22(32-2)23(12-17(16)26-14-27-24)33-9-3-4-15-5-7-25-8-6-15/h5-8,10-14H,3-4,9H2,1-2H3,(H,26,27,28). The molecule has 0 saturated heterocycles. The molecule has 168 valence electrons. The van der Waals surface area contributed by atoms with Crippen LogP contribution < -0.4 is 14.8 Å². The number of benzene rings is 1. The average molecular weight is 446 g/mol. The predicted octanol–water partition coefficient (Wildman–Crippen LogP) is 3.02. The van der Waals surface area contributed by atoms with E-state index in [-0.39, 0.29) is 17.2 Å². The Kier molecular flexibility index (Phi) is 6.58. The summed E-state index contributed by atoms with van der Waals surface area (Å²) in [6.07, 6.45) is 8.94. The van der Waals surface area contributed by atoms with Crippen LogP contribution in [0.25, 0.3) is 10.9 Å². The van der Waals surface area contributed by atoms with Crippen molar-refractivity contribution in [3.8, 4) is 11.5 Å². The number of aryl methyl sites for hydroxylation is 1. The number of methoxy groups -OCH3 is 2. The van der Waals surface area contributed by atoms with E-state index in [0.29, 0.717) is 34.8 Å². The second-order valence-electron chi connectivity index (χ2n) is 7.17. The molecule has 33 heavy (non-hydrogen) atoms. The lowest BCUT2D eigenvalue weighted by Gasteiger charge is -2.15. The highest BCUT2D eigenvalue weighted by Crippen LogP contribution is 2.34. The lowest BCUT2D eigenvalue weighted by atomic mass is 10.1. The van der Waals surface area contributed by atoms with Crippen LogP contribution in [0.3, 0.4) is 0 Å². The van der Waals surface area contributed by atoms with Gasteiger partial charge < -0.3 is 19.5 Å². The molecule has 0 saturated carbocycles. The number of ketones is 2. The fraction of sp³-hybridized carbons (Fsp3) is 0.208. The molecule has 4 rings (SSSR count). The molecule has 1 aromatic carbocycles. The average Bonchev–Trinajstić information content (AvgIpc) is 2.84. The second-order valence-corrected chi connectivity index (χ2v) is 7.17. The fourth-order valence-corrected chi connectivity index (χ4v) is 3.37. The molecule has 1 aliphatic carbocycles. The van der Waals surface area contributed by atoms with Crippen molar-refractivity contribution in [1.29, 1.82) is 0 Å². The Labute approximate surface area is 190 Å². The lowest BCUT2D eigenvalue weighted by Crippen LogP contribution is -2.19. The molecule has 0 amide bonds. The molecule has 9 heteroatoms. The number of nitrogens with one attached hydrogen (secondary N) is 1. The van der Waals surface area contributed by atoms with Crippen molar-refractivity contribution < 1.29 is 23.8 Å². The first-order chi connectivity index (χ1) is 16.1. The van der Waals surface area contributed by atoms with Gasteiger partial charge in [0.2, 0.25) is 11.6 Å². The minimum Gasteiger partial charge on any atom is -0.493 e. The van der Waals surface area contributed by atoms with Crippen molar-refractivity contribution in [1.82, 2.24) is 15.0 Å². The van der Waals surface area contributed by atoms with E-state index in [0.717, 1.165) is 18.9 Å². The molecule has 3 aromatic rings.